The van der Waals surface area contributed by atoms with Gasteiger partial charge in [-0.3, -0.25) is 0 Å². The van der Waals surface area contributed by atoms with Gasteiger partial charge < -0.3 is 19.5 Å². The van der Waals surface area contributed by atoms with Gasteiger partial charge in [-0.25, -0.2) is 0 Å². The monoisotopic (exact) mass is 277 g/mol. The Labute approximate surface area is 120 Å². The predicted octanol–water partition coefficient (Wildman–Crippen LogP) is 2.53. The molecule has 1 N–H and O–H groups in total. The lowest BCUT2D eigenvalue weighted by atomic mass is 9.88. The van der Waals surface area contributed by atoms with Gasteiger partial charge in [0.2, 0.25) is 0 Å². The van der Waals surface area contributed by atoms with Crippen LogP contribution in [-0.2, 0) is 4.74 Å². The summed E-state index contributed by atoms with van der Waals surface area (Å²) in [5, 5.41) is 3.44. The fraction of sp³-hybridized carbons (Fsp3) is 0.625. The molecule has 0 saturated carbocycles. The number of rotatable bonds is 3. The number of nitrogens with one attached hydrogen (secondary N) is 1. The maximum atomic E-state index is 5.79. The molecule has 0 spiro atoms. The minimum absolute atomic E-state index is 0.295. The standard InChI is InChI=1S/C16H23NO3/c1-11-13(6-9-18-11)16(17-2)12-4-5-14-15(10-12)20-8-3-7-19-14/h4-5,10-11,13,16-17H,3,6-9H2,1-2H3. The van der Waals surface area contributed by atoms with Gasteiger partial charge in [-0.15, -0.1) is 0 Å². The van der Waals surface area contributed by atoms with E-state index in [4.69, 9.17) is 14.2 Å². The molecule has 0 aliphatic carbocycles. The highest BCUT2D eigenvalue weighted by Crippen LogP contribution is 2.37. The van der Waals surface area contributed by atoms with Crippen LogP contribution in [0.4, 0.5) is 0 Å². The van der Waals surface area contributed by atoms with Gasteiger partial charge in [0.25, 0.3) is 0 Å². The summed E-state index contributed by atoms with van der Waals surface area (Å²) in [6.45, 7) is 4.47. The molecule has 2 aliphatic heterocycles. The third-order valence-corrected chi connectivity index (χ3v) is 4.30. The molecular weight excluding hydrogens is 254 g/mol. The quantitative estimate of drug-likeness (QED) is 0.921. The van der Waals surface area contributed by atoms with Gasteiger partial charge in [0.15, 0.2) is 11.5 Å². The van der Waals surface area contributed by atoms with Crippen molar-refractivity contribution in [3.8, 4) is 11.5 Å². The second-order valence-corrected chi connectivity index (χ2v) is 5.55. The normalized spacial score (nSPS) is 27.1. The van der Waals surface area contributed by atoms with Crippen LogP contribution in [0.25, 0.3) is 0 Å². The zero-order valence-corrected chi connectivity index (χ0v) is 12.2. The van der Waals surface area contributed by atoms with E-state index in [0.29, 0.717) is 18.1 Å². The lowest BCUT2D eigenvalue weighted by molar-refractivity contribution is 0.0962. The van der Waals surface area contributed by atoms with E-state index in [1.54, 1.807) is 0 Å². The van der Waals surface area contributed by atoms with Crippen molar-refractivity contribution in [2.75, 3.05) is 26.9 Å². The van der Waals surface area contributed by atoms with Gasteiger partial charge in [0.1, 0.15) is 0 Å². The molecule has 1 saturated heterocycles. The maximum absolute atomic E-state index is 5.79. The summed E-state index contributed by atoms with van der Waals surface area (Å²) in [7, 11) is 2.01. The fourth-order valence-corrected chi connectivity index (χ4v) is 3.19. The predicted molar refractivity (Wildman–Crippen MR) is 77.4 cm³/mol. The van der Waals surface area contributed by atoms with E-state index in [9.17, 15) is 0 Å². The Morgan fingerprint density at radius 3 is 2.65 bits per heavy atom. The first-order chi connectivity index (χ1) is 9.79. The second-order valence-electron chi connectivity index (χ2n) is 5.55. The topological polar surface area (TPSA) is 39.7 Å². The molecular formula is C16H23NO3. The van der Waals surface area contributed by atoms with Crippen LogP contribution in [0, 0.1) is 5.92 Å². The molecule has 0 amide bonds. The second kappa shape index (κ2) is 6.02. The Balaban J connectivity index is 1.86. The van der Waals surface area contributed by atoms with E-state index in [0.717, 1.165) is 44.2 Å². The summed E-state index contributed by atoms with van der Waals surface area (Å²) in [5.41, 5.74) is 1.25. The molecule has 2 aliphatic rings. The van der Waals surface area contributed by atoms with Crippen LogP contribution in [0.3, 0.4) is 0 Å². The minimum Gasteiger partial charge on any atom is -0.490 e. The summed E-state index contributed by atoms with van der Waals surface area (Å²) >= 11 is 0. The zero-order chi connectivity index (χ0) is 13.9. The average Bonchev–Trinajstić information content (AvgIpc) is 2.75. The van der Waals surface area contributed by atoms with Crippen molar-refractivity contribution in [1.82, 2.24) is 5.32 Å². The molecule has 110 valence electrons. The van der Waals surface area contributed by atoms with Crippen molar-refractivity contribution in [2.45, 2.75) is 31.9 Å². The lowest BCUT2D eigenvalue weighted by Gasteiger charge is -2.26. The fourth-order valence-electron chi connectivity index (χ4n) is 3.19. The van der Waals surface area contributed by atoms with Crippen molar-refractivity contribution in [3.63, 3.8) is 0 Å². The average molecular weight is 277 g/mol. The van der Waals surface area contributed by atoms with Crippen LogP contribution in [-0.4, -0.2) is 33.0 Å². The van der Waals surface area contributed by atoms with E-state index in [1.807, 2.05) is 13.1 Å². The van der Waals surface area contributed by atoms with Crippen molar-refractivity contribution >= 4 is 0 Å². The van der Waals surface area contributed by atoms with Gasteiger partial charge in [-0.2, -0.15) is 0 Å². The summed E-state index contributed by atoms with van der Waals surface area (Å²) in [5.74, 6) is 2.23. The van der Waals surface area contributed by atoms with Crippen molar-refractivity contribution in [3.05, 3.63) is 23.8 Å². The number of ether oxygens (including phenoxy) is 3. The lowest BCUT2D eigenvalue weighted by Crippen LogP contribution is -2.29. The van der Waals surface area contributed by atoms with Gasteiger partial charge in [-0.05, 0) is 38.1 Å². The summed E-state index contributed by atoms with van der Waals surface area (Å²) in [4.78, 5) is 0. The highest BCUT2D eigenvalue weighted by molar-refractivity contribution is 5.44. The van der Waals surface area contributed by atoms with Crippen LogP contribution >= 0.6 is 0 Å². The zero-order valence-electron chi connectivity index (χ0n) is 12.2. The van der Waals surface area contributed by atoms with Crippen LogP contribution in [0.15, 0.2) is 18.2 Å². The van der Waals surface area contributed by atoms with Gasteiger partial charge in [-0.1, -0.05) is 6.07 Å². The third kappa shape index (κ3) is 2.63. The molecule has 3 rings (SSSR count). The molecule has 4 heteroatoms. The SMILES string of the molecule is CNC(c1ccc2c(c1)OCCCO2)C1CCOC1C. The largest absolute Gasteiger partial charge is 0.490 e. The Morgan fingerprint density at radius 2 is 1.95 bits per heavy atom. The van der Waals surface area contributed by atoms with Crippen LogP contribution < -0.4 is 14.8 Å². The summed E-state index contributed by atoms with van der Waals surface area (Å²) in [6.07, 6.45) is 2.33. The van der Waals surface area contributed by atoms with Crippen molar-refractivity contribution < 1.29 is 14.2 Å². The third-order valence-electron chi connectivity index (χ3n) is 4.30. The summed E-state index contributed by atoms with van der Waals surface area (Å²) < 4.78 is 17.2. The van der Waals surface area contributed by atoms with E-state index >= 15 is 0 Å². The summed E-state index contributed by atoms with van der Waals surface area (Å²) in [6, 6.07) is 6.58. The van der Waals surface area contributed by atoms with E-state index in [2.05, 4.69) is 24.4 Å². The minimum atomic E-state index is 0.295. The van der Waals surface area contributed by atoms with Crippen LogP contribution in [0.1, 0.15) is 31.4 Å². The first-order valence-corrected chi connectivity index (χ1v) is 7.48. The Bertz CT molecular complexity index is 463. The molecule has 3 atom stereocenters. The highest BCUT2D eigenvalue weighted by atomic mass is 16.5. The van der Waals surface area contributed by atoms with Crippen molar-refractivity contribution in [1.29, 1.82) is 0 Å². The Hall–Kier alpha value is -1.26. The number of fused-ring (bicyclic) bond motifs is 1. The molecule has 1 fully saturated rings. The Kier molecular flexibility index (Phi) is 4.13. The molecule has 20 heavy (non-hydrogen) atoms. The molecule has 2 heterocycles. The molecule has 0 bridgehead atoms. The molecule has 1 aromatic rings. The van der Waals surface area contributed by atoms with E-state index < -0.39 is 0 Å². The number of hydrogen-bond acceptors (Lipinski definition) is 4. The smallest absolute Gasteiger partial charge is 0.161 e. The first-order valence-electron chi connectivity index (χ1n) is 7.48. The maximum Gasteiger partial charge on any atom is 0.161 e. The molecule has 3 unspecified atom stereocenters. The van der Waals surface area contributed by atoms with Crippen molar-refractivity contribution in [2.24, 2.45) is 5.92 Å². The van der Waals surface area contributed by atoms with Gasteiger partial charge in [0, 0.05) is 25.0 Å². The molecule has 1 aromatic carbocycles. The number of benzene rings is 1. The molecule has 0 aromatic heterocycles. The molecule has 4 nitrogen and oxygen atoms in total. The van der Waals surface area contributed by atoms with Crippen LogP contribution in [0.2, 0.25) is 0 Å². The van der Waals surface area contributed by atoms with E-state index in [1.165, 1.54) is 5.56 Å². The number of hydrogen-bond donors (Lipinski definition) is 1. The van der Waals surface area contributed by atoms with Gasteiger partial charge >= 0.3 is 0 Å². The van der Waals surface area contributed by atoms with Gasteiger partial charge in [0.05, 0.1) is 19.3 Å². The molecule has 0 radical (unpaired) electrons. The first kappa shape index (κ1) is 13.7. The van der Waals surface area contributed by atoms with Crippen LogP contribution in [0.5, 0.6) is 11.5 Å². The highest BCUT2D eigenvalue weighted by Gasteiger charge is 2.32. The van der Waals surface area contributed by atoms with E-state index in [-0.39, 0.29) is 0 Å². The Morgan fingerprint density at radius 1 is 1.15 bits per heavy atom.